The van der Waals surface area contributed by atoms with E-state index in [2.05, 4.69) is 5.32 Å². The third-order valence-electron chi connectivity index (χ3n) is 4.19. The van der Waals surface area contributed by atoms with Gasteiger partial charge in [-0.15, -0.1) is 0 Å². The van der Waals surface area contributed by atoms with Crippen molar-refractivity contribution in [3.05, 3.63) is 29.8 Å². The molecule has 0 spiro atoms. The van der Waals surface area contributed by atoms with Crippen molar-refractivity contribution < 1.29 is 19.4 Å². The molecule has 5 nitrogen and oxygen atoms in total. The normalized spacial score (nSPS) is 22.3. The lowest BCUT2D eigenvalue weighted by Gasteiger charge is -2.26. The standard InChI is InChI=1S/C15H17NO4/c17-13(15(6-7-15)14(18)19)16-9-10-5-8-20-12-4-2-1-3-11(10)12/h1-4,10H,5-9H2,(H,16,17)(H,18,19)/t10-/m1/s1. The van der Waals surface area contributed by atoms with E-state index in [0.717, 1.165) is 17.7 Å². The van der Waals surface area contributed by atoms with Crippen molar-refractivity contribution in [2.24, 2.45) is 5.41 Å². The molecule has 1 saturated carbocycles. The Labute approximate surface area is 116 Å². The maximum Gasteiger partial charge on any atom is 0.319 e. The van der Waals surface area contributed by atoms with Gasteiger partial charge in [-0.3, -0.25) is 9.59 Å². The van der Waals surface area contributed by atoms with Crippen LogP contribution in [0.2, 0.25) is 0 Å². The first kappa shape index (κ1) is 13.0. The minimum atomic E-state index is -1.16. The maximum absolute atomic E-state index is 12.0. The van der Waals surface area contributed by atoms with Crippen LogP contribution >= 0.6 is 0 Å². The highest BCUT2D eigenvalue weighted by Gasteiger charge is 2.57. The van der Waals surface area contributed by atoms with Crippen LogP contribution in [-0.4, -0.2) is 30.1 Å². The molecule has 20 heavy (non-hydrogen) atoms. The number of carbonyl (C=O) groups is 2. The van der Waals surface area contributed by atoms with Gasteiger partial charge in [-0.2, -0.15) is 0 Å². The van der Waals surface area contributed by atoms with Gasteiger partial charge < -0.3 is 15.2 Å². The largest absolute Gasteiger partial charge is 0.493 e. The number of aliphatic carboxylic acids is 1. The Morgan fingerprint density at radius 2 is 2.10 bits per heavy atom. The Balaban J connectivity index is 1.65. The van der Waals surface area contributed by atoms with Crippen molar-refractivity contribution in [2.45, 2.75) is 25.2 Å². The molecule has 1 aliphatic carbocycles. The first-order valence-corrected chi connectivity index (χ1v) is 6.87. The van der Waals surface area contributed by atoms with Crippen molar-refractivity contribution in [1.29, 1.82) is 0 Å². The van der Waals surface area contributed by atoms with Gasteiger partial charge in [-0.1, -0.05) is 18.2 Å². The van der Waals surface area contributed by atoms with Gasteiger partial charge >= 0.3 is 5.97 Å². The van der Waals surface area contributed by atoms with Crippen molar-refractivity contribution in [3.63, 3.8) is 0 Å². The Hall–Kier alpha value is -2.04. The lowest BCUT2D eigenvalue weighted by molar-refractivity contribution is -0.149. The number of carboxylic acids is 1. The predicted octanol–water partition coefficient (Wildman–Crippen LogP) is 1.53. The number of fused-ring (bicyclic) bond motifs is 1. The van der Waals surface area contributed by atoms with E-state index in [9.17, 15) is 9.59 Å². The lowest BCUT2D eigenvalue weighted by Crippen LogP contribution is -2.39. The van der Waals surface area contributed by atoms with Crippen LogP contribution in [0, 0.1) is 5.41 Å². The summed E-state index contributed by atoms with van der Waals surface area (Å²) in [6.45, 7) is 1.09. The number of ether oxygens (including phenoxy) is 1. The number of nitrogens with one attached hydrogen (secondary N) is 1. The highest BCUT2D eigenvalue weighted by Crippen LogP contribution is 2.46. The van der Waals surface area contributed by atoms with Crippen LogP contribution in [0.15, 0.2) is 24.3 Å². The molecule has 2 N–H and O–H groups in total. The topological polar surface area (TPSA) is 75.6 Å². The zero-order chi connectivity index (χ0) is 14.2. The number of amides is 1. The minimum Gasteiger partial charge on any atom is -0.493 e. The van der Waals surface area contributed by atoms with E-state index in [0.29, 0.717) is 26.0 Å². The third kappa shape index (κ3) is 2.13. The highest BCUT2D eigenvalue weighted by molar-refractivity contribution is 6.04. The van der Waals surface area contributed by atoms with E-state index in [1.807, 2.05) is 24.3 Å². The number of carbonyl (C=O) groups excluding carboxylic acids is 1. The Morgan fingerprint density at radius 3 is 2.80 bits per heavy atom. The number of rotatable bonds is 4. The molecule has 0 bridgehead atoms. The zero-order valence-corrected chi connectivity index (χ0v) is 11.1. The van der Waals surface area contributed by atoms with Crippen molar-refractivity contribution in [1.82, 2.24) is 5.32 Å². The van der Waals surface area contributed by atoms with E-state index in [1.165, 1.54) is 0 Å². The molecule has 106 valence electrons. The maximum atomic E-state index is 12.0. The molecule has 1 aromatic carbocycles. The summed E-state index contributed by atoms with van der Waals surface area (Å²) in [4.78, 5) is 23.1. The van der Waals surface area contributed by atoms with Crippen LogP contribution in [0.5, 0.6) is 5.75 Å². The average Bonchev–Trinajstić information content (AvgIpc) is 3.26. The van der Waals surface area contributed by atoms with Crippen LogP contribution in [-0.2, 0) is 9.59 Å². The van der Waals surface area contributed by atoms with E-state index < -0.39 is 11.4 Å². The smallest absolute Gasteiger partial charge is 0.319 e. The van der Waals surface area contributed by atoms with Gasteiger partial charge in [0.25, 0.3) is 0 Å². The lowest BCUT2D eigenvalue weighted by atomic mass is 9.93. The second-order valence-corrected chi connectivity index (χ2v) is 5.47. The van der Waals surface area contributed by atoms with E-state index in [4.69, 9.17) is 9.84 Å². The van der Waals surface area contributed by atoms with Crippen LogP contribution in [0.25, 0.3) is 0 Å². The quantitative estimate of drug-likeness (QED) is 0.817. The van der Waals surface area contributed by atoms with Gasteiger partial charge in [-0.25, -0.2) is 0 Å². The van der Waals surface area contributed by atoms with Gasteiger partial charge in [0.05, 0.1) is 6.61 Å². The van der Waals surface area contributed by atoms with Crippen LogP contribution in [0.1, 0.15) is 30.7 Å². The number of para-hydroxylation sites is 1. The molecule has 2 aliphatic rings. The fourth-order valence-electron chi connectivity index (χ4n) is 2.68. The summed E-state index contributed by atoms with van der Waals surface area (Å²) in [7, 11) is 0. The van der Waals surface area contributed by atoms with Gasteiger partial charge in [0.15, 0.2) is 0 Å². The summed E-state index contributed by atoms with van der Waals surface area (Å²) < 4.78 is 5.57. The van der Waals surface area contributed by atoms with E-state index >= 15 is 0 Å². The fraction of sp³-hybridized carbons (Fsp3) is 0.467. The van der Waals surface area contributed by atoms with Crippen molar-refractivity contribution in [3.8, 4) is 5.75 Å². The molecule has 1 heterocycles. The number of carboxylic acid groups (broad SMARTS) is 1. The molecule has 1 fully saturated rings. The molecule has 0 aromatic heterocycles. The first-order chi connectivity index (χ1) is 9.63. The SMILES string of the molecule is O=C(O)C1(C(=O)NC[C@H]2CCOc3ccccc32)CC1. The van der Waals surface area contributed by atoms with Gasteiger partial charge in [-0.05, 0) is 30.9 Å². The summed E-state index contributed by atoms with van der Waals surface area (Å²) in [6.07, 6.45) is 1.72. The summed E-state index contributed by atoms with van der Waals surface area (Å²) in [5, 5.41) is 11.9. The third-order valence-corrected chi connectivity index (χ3v) is 4.19. The van der Waals surface area contributed by atoms with Crippen LogP contribution < -0.4 is 10.1 Å². The highest BCUT2D eigenvalue weighted by atomic mass is 16.5. The monoisotopic (exact) mass is 275 g/mol. The number of hydrogen-bond donors (Lipinski definition) is 2. The van der Waals surface area contributed by atoms with Gasteiger partial charge in [0, 0.05) is 12.5 Å². The number of benzene rings is 1. The Bertz CT molecular complexity index is 551. The van der Waals surface area contributed by atoms with E-state index in [1.54, 1.807) is 0 Å². The summed E-state index contributed by atoms with van der Waals surface area (Å²) in [5.41, 5.74) is -0.0794. The average molecular weight is 275 g/mol. The molecular weight excluding hydrogens is 258 g/mol. The second-order valence-electron chi connectivity index (χ2n) is 5.47. The second kappa shape index (κ2) is 4.81. The fourth-order valence-corrected chi connectivity index (χ4v) is 2.68. The Kier molecular flexibility index (Phi) is 3.12. The molecule has 1 aromatic rings. The molecule has 5 heteroatoms. The zero-order valence-electron chi connectivity index (χ0n) is 11.1. The molecule has 1 aliphatic heterocycles. The molecule has 0 saturated heterocycles. The first-order valence-electron chi connectivity index (χ1n) is 6.87. The predicted molar refractivity (Wildman–Crippen MR) is 71.6 cm³/mol. The summed E-state index contributed by atoms with van der Waals surface area (Å²) in [5.74, 6) is -0.317. The van der Waals surface area contributed by atoms with Crippen LogP contribution in [0.4, 0.5) is 0 Å². The minimum absolute atomic E-state index is 0.188. The number of hydrogen-bond acceptors (Lipinski definition) is 3. The van der Waals surface area contributed by atoms with Crippen molar-refractivity contribution >= 4 is 11.9 Å². The summed E-state index contributed by atoms with van der Waals surface area (Å²) in [6, 6.07) is 7.78. The van der Waals surface area contributed by atoms with Crippen molar-refractivity contribution in [2.75, 3.05) is 13.2 Å². The Morgan fingerprint density at radius 1 is 1.35 bits per heavy atom. The molecule has 1 atom stereocenters. The van der Waals surface area contributed by atoms with Gasteiger partial charge in [0.1, 0.15) is 11.2 Å². The summed E-state index contributed by atoms with van der Waals surface area (Å²) >= 11 is 0. The molecule has 1 amide bonds. The van der Waals surface area contributed by atoms with Crippen LogP contribution in [0.3, 0.4) is 0 Å². The molecule has 3 rings (SSSR count). The van der Waals surface area contributed by atoms with E-state index in [-0.39, 0.29) is 11.8 Å². The molecule has 0 radical (unpaired) electrons. The van der Waals surface area contributed by atoms with Gasteiger partial charge in [0.2, 0.25) is 5.91 Å². The molecular formula is C15H17NO4. The molecule has 0 unspecified atom stereocenters.